The molecule has 1 aromatic rings. The van der Waals surface area contributed by atoms with Gasteiger partial charge in [0, 0.05) is 26.3 Å². The highest BCUT2D eigenvalue weighted by Gasteiger charge is 2.25. The molecule has 24 heavy (non-hydrogen) atoms. The summed E-state index contributed by atoms with van der Waals surface area (Å²) in [4.78, 5) is 12.2. The lowest BCUT2D eigenvalue weighted by atomic mass is 10.1. The average Bonchev–Trinajstić information content (AvgIpc) is 3.03. The van der Waals surface area contributed by atoms with Crippen LogP contribution in [-0.2, 0) is 14.8 Å². The zero-order valence-electron chi connectivity index (χ0n) is 14.0. The van der Waals surface area contributed by atoms with Crippen LogP contribution in [0.1, 0.15) is 13.3 Å². The van der Waals surface area contributed by atoms with Gasteiger partial charge in [0.1, 0.15) is 10.6 Å². The van der Waals surface area contributed by atoms with Gasteiger partial charge in [-0.05, 0) is 38.1 Å². The van der Waals surface area contributed by atoms with Crippen molar-refractivity contribution >= 4 is 34.0 Å². The van der Waals surface area contributed by atoms with Crippen LogP contribution in [0.4, 0.5) is 5.69 Å². The van der Waals surface area contributed by atoms with E-state index < -0.39 is 10.0 Å². The third-order valence-electron chi connectivity index (χ3n) is 3.70. The molecular formula is C15H24ClN3O4S. The van der Waals surface area contributed by atoms with E-state index >= 15 is 0 Å². The molecule has 1 saturated heterocycles. The van der Waals surface area contributed by atoms with Crippen LogP contribution in [0.5, 0.6) is 5.75 Å². The Balaban J connectivity index is 0.00000288. The summed E-state index contributed by atoms with van der Waals surface area (Å²) < 4.78 is 31.4. The standard InChI is InChI=1S/C15H23N3O4S.ClH/c1-4-22-13-6-5-12(9-14(13)23(20,21)18(2)3)17-15(19)11-7-8-16-10-11;/h5-6,9,11,16H,4,7-8,10H2,1-3H3,(H,17,19);1H. The van der Waals surface area contributed by atoms with E-state index in [1.165, 1.54) is 20.2 Å². The first-order valence-corrected chi connectivity index (χ1v) is 9.01. The third-order valence-corrected chi connectivity index (χ3v) is 5.54. The average molecular weight is 378 g/mol. The molecule has 1 aromatic carbocycles. The highest BCUT2D eigenvalue weighted by molar-refractivity contribution is 7.89. The molecule has 1 fully saturated rings. The molecule has 2 N–H and O–H groups in total. The summed E-state index contributed by atoms with van der Waals surface area (Å²) in [5.41, 5.74) is 0.450. The van der Waals surface area contributed by atoms with Gasteiger partial charge in [-0.2, -0.15) is 0 Å². The largest absolute Gasteiger partial charge is 0.492 e. The van der Waals surface area contributed by atoms with E-state index in [1.807, 2.05) is 0 Å². The first-order valence-electron chi connectivity index (χ1n) is 7.57. The normalized spacial score (nSPS) is 17.4. The van der Waals surface area contributed by atoms with Crippen LogP contribution in [0.3, 0.4) is 0 Å². The Morgan fingerprint density at radius 2 is 2.12 bits per heavy atom. The van der Waals surface area contributed by atoms with Crippen molar-refractivity contribution in [1.29, 1.82) is 0 Å². The smallest absolute Gasteiger partial charge is 0.246 e. The molecule has 0 spiro atoms. The predicted molar refractivity (Wildman–Crippen MR) is 95.3 cm³/mol. The van der Waals surface area contributed by atoms with Crippen LogP contribution in [-0.4, -0.2) is 52.4 Å². The Bertz CT molecular complexity index is 673. The van der Waals surface area contributed by atoms with E-state index in [0.29, 0.717) is 18.8 Å². The number of hydrogen-bond donors (Lipinski definition) is 2. The summed E-state index contributed by atoms with van der Waals surface area (Å²) in [6.45, 7) is 3.61. The van der Waals surface area contributed by atoms with Crippen molar-refractivity contribution < 1.29 is 17.9 Å². The first-order chi connectivity index (χ1) is 10.9. The summed E-state index contributed by atoms with van der Waals surface area (Å²) in [6, 6.07) is 4.67. The van der Waals surface area contributed by atoms with Gasteiger partial charge in [0.05, 0.1) is 12.5 Å². The lowest BCUT2D eigenvalue weighted by molar-refractivity contribution is -0.119. The van der Waals surface area contributed by atoms with E-state index in [1.54, 1.807) is 19.1 Å². The Morgan fingerprint density at radius 1 is 1.42 bits per heavy atom. The molecule has 9 heteroatoms. The van der Waals surface area contributed by atoms with Gasteiger partial charge in [0.15, 0.2) is 0 Å². The first kappa shape index (κ1) is 20.7. The van der Waals surface area contributed by atoms with Crippen LogP contribution in [0, 0.1) is 5.92 Å². The number of carbonyl (C=O) groups is 1. The molecule has 1 aliphatic rings. The van der Waals surface area contributed by atoms with Crippen molar-refractivity contribution in [2.24, 2.45) is 5.92 Å². The topological polar surface area (TPSA) is 87.7 Å². The fourth-order valence-corrected chi connectivity index (χ4v) is 3.43. The Morgan fingerprint density at radius 3 is 2.67 bits per heavy atom. The monoisotopic (exact) mass is 377 g/mol. The quantitative estimate of drug-likeness (QED) is 0.780. The minimum Gasteiger partial charge on any atom is -0.492 e. The van der Waals surface area contributed by atoms with E-state index in [0.717, 1.165) is 17.3 Å². The number of carbonyl (C=O) groups excluding carboxylic acids is 1. The van der Waals surface area contributed by atoms with Gasteiger partial charge < -0.3 is 15.4 Å². The molecule has 7 nitrogen and oxygen atoms in total. The van der Waals surface area contributed by atoms with Gasteiger partial charge in [-0.1, -0.05) is 0 Å². The Kier molecular flexibility index (Phi) is 7.47. The van der Waals surface area contributed by atoms with Gasteiger partial charge in [0.25, 0.3) is 0 Å². The van der Waals surface area contributed by atoms with Crippen molar-refractivity contribution in [3.8, 4) is 5.75 Å². The summed E-state index contributed by atoms with van der Waals surface area (Å²) in [7, 11) is -0.745. The molecule has 1 aliphatic heterocycles. The van der Waals surface area contributed by atoms with Crippen molar-refractivity contribution in [2.75, 3.05) is 39.1 Å². The van der Waals surface area contributed by atoms with E-state index in [4.69, 9.17) is 4.74 Å². The molecular weight excluding hydrogens is 354 g/mol. The molecule has 0 aromatic heterocycles. The zero-order chi connectivity index (χ0) is 17.0. The van der Waals surface area contributed by atoms with Gasteiger partial charge in [-0.25, -0.2) is 12.7 Å². The van der Waals surface area contributed by atoms with Gasteiger partial charge in [-0.3, -0.25) is 4.79 Å². The number of sulfonamides is 1. The lowest BCUT2D eigenvalue weighted by Gasteiger charge is -2.17. The highest BCUT2D eigenvalue weighted by atomic mass is 35.5. The second kappa shape index (κ2) is 8.66. The molecule has 0 aliphatic carbocycles. The molecule has 1 heterocycles. The predicted octanol–water partition coefficient (Wildman–Crippen LogP) is 1.31. The van der Waals surface area contributed by atoms with Gasteiger partial charge in [0.2, 0.25) is 15.9 Å². The number of anilines is 1. The van der Waals surface area contributed by atoms with E-state index in [-0.39, 0.29) is 34.9 Å². The summed E-state index contributed by atoms with van der Waals surface area (Å²) in [5, 5.41) is 5.92. The minimum absolute atomic E-state index is 0. The number of amides is 1. The zero-order valence-corrected chi connectivity index (χ0v) is 15.7. The molecule has 0 radical (unpaired) electrons. The van der Waals surface area contributed by atoms with Gasteiger partial charge >= 0.3 is 0 Å². The molecule has 1 amide bonds. The van der Waals surface area contributed by atoms with Crippen molar-refractivity contribution in [3.63, 3.8) is 0 Å². The number of nitrogens with one attached hydrogen (secondary N) is 2. The number of benzene rings is 1. The van der Waals surface area contributed by atoms with Crippen LogP contribution >= 0.6 is 12.4 Å². The lowest BCUT2D eigenvalue weighted by Crippen LogP contribution is -2.25. The van der Waals surface area contributed by atoms with E-state index in [9.17, 15) is 13.2 Å². The SMILES string of the molecule is CCOc1ccc(NC(=O)C2CCNC2)cc1S(=O)(=O)N(C)C.Cl. The maximum absolute atomic E-state index is 12.4. The van der Waals surface area contributed by atoms with E-state index in [2.05, 4.69) is 10.6 Å². The van der Waals surface area contributed by atoms with Crippen molar-refractivity contribution in [2.45, 2.75) is 18.2 Å². The second-order valence-corrected chi connectivity index (χ2v) is 7.68. The maximum Gasteiger partial charge on any atom is 0.246 e. The third kappa shape index (κ3) is 4.60. The van der Waals surface area contributed by atoms with Gasteiger partial charge in [-0.15, -0.1) is 12.4 Å². The molecule has 1 atom stereocenters. The van der Waals surface area contributed by atoms with Crippen LogP contribution < -0.4 is 15.4 Å². The number of hydrogen-bond acceptors (Lipinski definition) is 5. The van der Waals surface area contributed by atoms with Crippen molar-refractivity contribution in [3.05, 3.63) is 18.2 Å². The fourth-order valence-electron chi connectivity index (χ4n) is 2.38. The highest BCUT2D eigenvalue weighted by Crippen LogP contribution is 2.29. The molecule has 0 bridgehead atoms. The Labute approximate surface area is 149 Å². The summed E-state index contributed by atoms with van der Waals surface area (Å²) in [5.74, 6) is 0.0876. The maximum atomic E-state index is 12.4. The number of halogens is 1. The molecule has 0 saturated carbocycles. The molecule has 2 rings (SSSR count). The molecule has 136 valence electrons. The summed E-state index contributed by atoms with van der Waals surface area (Å²) >= 11 is 0. The number of rotatable bonds is 6. The second-order valence-electron chi connectivity index (χ2n) is 5.56. The summed E-state index contributed by atoms with van der Waals surface area (Å²) in [6.07, 6.45) is 0.783. The fraction of sp³-hybridized carbons (Fsp3) is 0.533. The molecule has 1 unspecified atom stereocenters. The van der Waals surface area contributed by atoms with Crippen LogP contribution in [0.2, 0.25) is 0 Å². The number of nitrogens with zero attached hydrogens (tertiary/aromatic N) is 1. The van der Waals surface area contributed by atoms with Crippen LogP contribution in [0.15, 0.2) is 23.1 Å². The minimum atomic E-state index is -3.66. The number of ether oxygens (including phenoxy) is 1. The van der Waals surface area contributed by atoms with Crippen LogP contribution in [0.25, 0.3) is 0 Å². The van der Waals surface area contributed by atoms with Crippen molar-refractivity contribution in [1.82, 2.24) is 9.62 Å². The Hall–Kier alpha value is -1.35.